The molecule has 1 aliphatic rings. The highest BCUT2D eigenvalue weighted by molar-refractivity contribution is 6.30. The van der Waals surface area contributed by atoms with Gasteiger partial charge < -0.3 is 15.4 Å². The third-order valence-corrected chi connectivity index (χ3v) is 3.61. The molecule has 1 aromatic rings. The van der Waals surface area contributed by atoms with Gasteiger partial charge in [-0.15, -0.1) is 0 Å². The minimum Gasteiger partial charge on any atom is -0.495 e. The molecule has 1 aliphatic heterocycles. The summed E-state index contributed by atoms with van der Waals surface area (Å²) in [4.78, 5) is 0. The van der Waals surface area contributed by atoms with Crippen LogP contribution in [0, 0.1) is 0 Å². The molecule has 18 heavy (non-hydrogen) atoms. The fourth-order valence-corrected chi connectivity index (χ4v) is 2.68. The molecule has 100 valence electrons. The van der Waals surface area contributed by atoms with Crippen molar-refractivity contribution in [3.63, 3.8) is 0 Å². The summed E-state index contributed by atoms with van der Waals surface area (Å²) in [5.74, 6) is 0.843. The van der Waals surface area contributed by atoms with Gasteiger partial charge in [-0.1, -0.05) is 11.6 Å². The molecule has 0 amide bonds. The van der Waals surface area contributed by atoms with Gasteiger partial charge in [0, 0.05) is 16.6 Å². The number of ether oxygens (including phenoxy) is 1. The molecule has 1 heterocycles. The van der Waals surface area contributed by atoms with Crippen LogP contribution in [0.4, 0.5) is 5.69 Å². The maximum Gasteiger partial charge on any atom is 0.142 e. The van der Waals surface area contributed by atoms with Crippen molar-refractivity contribution in [2.75, 3.05) is 19.0 Å². The Hall–Kier alpha value is -0.930. The minimum atomic E-state index is 0.182. The maximum absolute atomic E-state index is 6.04. The largest absolute Gasteiger partial charge is 0.495 e. The van der Waals surface area contributed by atoms with Crippen LogP contribution < -0.4 is 15.4 Å². The number of benzene rings is 1. The lowest BCUT2D eigenvalue weighted by Crippen LogP contribution is -2.50. The van der Waals surface area contributed by atoms with E-state index in [4.69, 9.17) is 16.3 Å². The van der Waals surface area contributed by atoms with Crippen molar-refractivity contribution in [1.82, 2.24) is 5.32 Å². The van der Waals surface area contributed by atoms with Crippen LogP contribution in [0.5, 0.6) is 5.75 Å². The quantitative estimate of drug-likeness (QED) is 0.883. The van der Waals surface area contributed by atoms with E-state index in [-0.39, 0.29) is 5.54 Å². The number of rotatable bonds is 3. The smallest absolute Gasteiger partial charge is 0.142 e. The van der Waals surface area contributed by atoms with Gasteiger partial charge in [0.15, 0.2) is 0 Å². The summed E-state index contributed by atoms with van der Waals surface area (Å²) in [7, 11) is 1.68. The number of hydrogen-bond acceptors (Lipinski definition) is 3. The normalized spacial score (nSPS) is 22.6. The van der Waals surface area contributed by atoms with E-state index in [0.29, 0.717) is 6.04 Å². The fourth-order valence-electron chi connectivity index (χ4n) is 2.51. The zero-order valence-corrected chi connectivity index (χ0v) is 12.0. The summed E-state index contributed by atoms with van der Waals surface area (Å²) in [5, 5.41) is 7.79. The second-order valence-electron chi connectivity index (χ2n) is 5.49. The standard InChI is InChI=1S/C14H21ClN2O/c1-14(2)9-11(6-7-16-14)17-12-8-10(15)4-5-13(12)18-3/h4-5,8,11,16-17H,6-7,9H2,1-3H3. The van der Waals surface area contributed by atoms with Crippen LogP contribution in [0.3, 0.4) is 0 Å². The van der Waals surface area contributed by atoms with Crippen molar-refractivity contribution in [1.29, 1.82) is 0 Å². The summed E-state index contributed by atoms with van der Waals surface area (Å²) in [5.41, 5.74) is 1.16. The summed E-state index contributed by atoms with van der Waals surface area (Å²) in [6, 6.07) is 6.12. The van der Waals surface area contributed by atoms with Crippen LogP contribution in [0.1, 0.15) is 26.7 Å². The Balaban J connectivity index is 2.11. The van der Waals surface area contributed by atoms with E-state index in [1.807, 2.05) is 18.2 Å². The van der Waals surface area contributed by atoms with Gasteiger partial charge in [0.2, 0.25) is 0 Å². The average Bonchev–Trinajstić information content (AvgIpc) is 2.28. The molecule has 0 spiro atoms. The molecule has 1 aromatic carbocycles. The second-order valence-corrected chi connectivity index (χ2v) is 5.93. The molecule has 2 rings (SSSR count). The molecular weight excluding hydrogens is 248 g/mol. The number of hydrogen-bond donors (Lipinski definition) is 2. The van der Waals surface area contributed by atoms with Gasteiger partial charge in [-0.2, -0.15) is 0 Å². The van der Waals surface area contributed by atoms with Crippen LogP contribution in [0.15, 0.2) is 18.2 Å². The first-order chi connectivity index (χ1) is 8.50. The molecule has 4 heteroatoms. The highest BCUT2D eigenvalue weighted by atomic mass is 35.5. The van der Waals surface area contributed by atoms with E-state index in [2.05, 4.69) is 24.5 Å². The lowest BCUT2D eigenvalue weighted by Gasteiger charge is -2.37. The Bertz CT molecular complexity index is 420. The summed E-state index contributed by atoms with van der Waals surface area (Å²) >= 11 is 6.04. The minimum absolute atomic E-state index is 0.182. The van der Waals surface area contributed by atoms with Gasteiger partial charge in [0.25, 0.3) is 0 Å². The van der Waals surface area contributed by atoms with Crippen LogP contribution in [0.2, 0.25) is 5.02 Å². The molecule has 0 bridgehead atoms. The molecular formula is C14H21ClN2O. The van der Waals surface area contributed by atoms with E-state index in [1.165, 1.54) is 0 Å². The highest BCUT2D eigenvalue weighted by Gasteiger charge is 2.27. The first-order valence-corrected chi connectivity index (χ1v) is 6.73. The third-order valence-electron chi connectivity index (χ3n) is 3.37. The van der Waals surface area contributed by atoms with Gasteiger partial charge in [0.05, 0.1) is 12.8 Å². The van der Waals surface area contributed by atoms with Gasteiger partial charge in [-0.25, -0.2) is 0 Å². The maximum atomic E-state index is 6.04. The number of piperidine rings is 1. The number of nitrogens with one attached hydrogen (secondary N) is 2. The zero-order chi connectivity index (χ0) is 13.2. The van der Waals surface area contributed by atoms with E-state index in [0.717, 1.165) is 35.8 Å². The van der Waals surface area contributed by atoms with Crippen molar-refractivity contribution in [2.24, 2.45) is 0 Å². The predicted octanol–water partition coefficient (Wildman–Crippen LogP) is 3.29. The average molecular weight is 269 g/mol. The van der Waals surface area contributed by atoms with E-state index in [1.54, 1.807) is 7.11 Å². The number of halogens is 1. The first-order valence-electron chi connectivity index (χ1n) is 6.35. The molecule has 0 aliphatic carbocycles. The lowest BCUT2D eigenvalue weighted by atomic mass is 9.89. The Kier molecular flexibility index (Phi) is 4.03. The molecule has 0 radical (unpaired) electrons. The molecule has 1 saturated heterocycles. The summed E-state index contributed by atoms with van der Waals surface area (Å²) in [6.45, 7) is 5.50. The SMILES string of the molecule is COc1ccc(Cl)cc1NC1CCNC(C)(C)C1. The topological polar surface area (TPSA) is 33.3 Å². The fraction of sp³-hybridized carbons (Fsp3) is 0.571. The first kappa shape index (κ1) is 13.5. The van der Waals surface area contributed by atoms with Gasteiger partial charge in [-0.3, -0.25) is 0 Å². The van der Waals surface area contributed by atoms with Crippen LogP contribution in [0.25, 0.3) is 0 Å². The van der Waals surface area contributed by atoms with E-state index >= 15 is 0 Å². The molecule has 3 nitrogen and oxygen atoms in total. The van der Waals surface area contributed by atoms with Crippen molar-refractivity contribution in [2.45, 2.75) is 38.3 Å². The Labute approximate surface area is 114 Å². The van der Waals surface area contributed by atoms with E-state index in [9.17, 15) is 0 Å². The number of methoxy groups -OCH3 is 1. The van der Waals surface area contributed by atoms with Crippen molar-refractivity contribution in [3.8, 4) is 5.75 Å². The van der Waals surface area contributed by atoms with E-state index < -0.39 is 0 Å². The summed E-state index contributed by atoms with van der Waals surface area (Å²) < 4.78 is 5.36. The summed E-state index contributed by atoms with van der Waals surface area (Å²) in [6.07, 6.45) is 2.20. The van der Waals surface area contributed by atoms with Crippen molar-refractivity contribution < 1.29 is 4.74 Å². The van der Waals surface area contributed by atoms with Gasteiger partial charge >= 0.3 is 0 Å². The Morgan fingerprint density at radius 2 is 2.22 bits per heavy atom. The molecule has 1 atom stereocenters. The van der Waals surface area contributed by atoms with Crippen LogP contribution in [-0.2, 0) is 0 Å². The zero-order valence-electron chi connectivity index (χ0n) is 11.2. The molecule has 0 aromatic heterocycles. The Morgan fingerprint density at radius 3 is 2.89 bits per heavy atom. The Morgan fingerprint density at radius 1 is 1.44 bits per heavy atom. The number of anilines is 1. The lowest BCUT2D eigenvalue weighted by molar-refractivity contribution is 0.286. The van der Waals surface area contributed by atoms with Crippen LogP contribution in [-0.4, -0.2) is 25.2 Å². The third kappa shape index (κ3) is 3.30. The molecule has 2 N–H and O–H groups in total. The molecule has 1 unspecified atom stereocenters. The highest BCUT2D eigenvalue weighted by Crippen LogP contribution is 2.30. The molecule has 1 fully saturated rings. The van der Waals surface area contributed by atoms with Crippen LogP contribution >= 0.6 is 11.6 Å². The monoisotopic (exact) mass is 268 g/mol. The van der Waals surface area contributed by atoms with Crippen molar-refractivity contribution >= 4 is 17.3 Å². The van der Waals surface area contributed by atoms with Crippen molar-refractivity contribution in [3.05, 3.63) is 23.2 Å². The predicted molar refractivity (Wildman–Crippen MR) is 76.7 cm³/mol. The molecule has 0 saturated carbocycles. The van der Waals surface area contributed by atoms with Gasteiger partial charge in [-0.05, 0) is 51.4 Å². The second kappa shape index (κ2) is 5.37. The van der Waals surface area contributed by atoms with Gasteiger partial charge in [0.1, 0.15) is 5.75 Å².